The first kappa shape index (κ1) is 14.6. The molecule has 1 amide bonds. The Morgan fingerprint density at radius 1 is 1.28 bits per heavy atom. The lowest BCUT2D eigenvalue weighted by molar-refractivity contribution is 0.0791. The van der Waals surface area contributed by atoms with E-state index in [0.717, 1.165) is 43.7 Å². The van der Waals surface area contributed by atoms with Gasteiger partial charge in [0.1, 0.15) is 0 Å². The van der Waals surface area contributed by atoms with Crippen LogP contribution in [0.4, 0.5) is 0 Å². The van der Waals surface area contributed by atoms with E-state index in [1.54, 1.807) is 4.90 Å². The first-order valence-electron chi connectivity index (χ1n) is 6.46. The zero-order valence-corrected chi connectivity index (χ0v) is 11.6. The van der Waals surface area contributed by atoms with Crippen LogP contribution in [-0.4, -0.2) is 35.9 Å². The Hall–Kier alpha value is -1.42. The number of aromatic nitrogens is 1. The number of hydrogen-bond donors (Lipinski definition) is 1. The number of unbranched alkanes of at least 4 members (excludes halogenated alkanes) is 2. The van der Waals surface area contributed by atoms with Crippen molar-refractivity contribution < 1.29 is 4.79 Å². The summed E-state index contributed by atoms with van der Waals surface area (Å²) in [5.74, 6) is 0.0488. The smallest absolute Gasteiger partial charge is 0.255 e. The fraction of sp³-hybridized carbons (Fsp3) is 0.571. The SMILES string of the molecule is Cc1ccc(C(=O)N(C)CCCCCN)c(C)n1. The third kappa shape index (κ3) is 4.11. The Morgan fingerprint density at radius 2 is 2.00 bits per heavy atom. The van der Waals surface area contributed by atoms with Crippen molar-refractivity contribution in [2.24, 2.45) is 5.73 Å². The molecule has 1 rings (SSSR count). The van der Waals surface area contributed by atoms with Gasteiger partial charge in [-0.2, -0.15) is 0 Å². The second-order valence-electron chi connectivity index (χ2n) is 4.66. The molecule has 0 bridgehead atoms. The van der Waals surface area contributed by atoms with Crippen LogP contribution >= 0.6 is 0 Å². The highest BCUT2D eigenvalue weighted by Crippen LogP contribution is 2.10. The number of nitrogens with two attached hydrogens (primary N) is 1. The Morgan fingerprint density at radius 3 is 2.61 bits per heavy atom. The van der Waals surface area contributed by atoms with E-state index >= 15 is 0 Å². The maximum atomic E-state index is 12.2. The number of carbonyl (C=O) groups is 1. The van der Waals surface area contributed by atoms with Crippen molar-refractivity contribution in [3.05, 3.63) is 29.1 Å². The summed E-state index contributed by atoms with van der Waals surface area (Å²) in [6.07, 6.45) is 3.09. The van der Waals surface area contributed by atoms with Crippen LogP contribution in [0.1, 0.15) is 41.0 Å². The van der Waals surface area contributed by atoms with E-state index in [1.807, 2.05) is 33.0 Å². The van der Waals surface area contributed by atoms with E-state index in [-0.39, 0.29) is 5.91 Å². The number of hydrogen-bond acceptors (Lipinski definition) is 3. The van der Waals surface area contributed by atoms with Gasteiger partial charge in [-0.1, -0.05) is 6.42 Å². The van der Waals surface area contributed by atoms with Crippen molar-refractivity contribution >= 4 is 5.91 Å². The number of amides is 1. The molecule has 0 aliphatic rings. The predicted octanol–water partition coefficient (Wildman–Crippen LogP) is 1.90. The molecule has 1 heterocycles. The van der Waals surface area contributed by atoms with Gasteiger partial charge < -0.3 is 10.6 Å². The van der Waals surface area contributed by atoms with E-state index in [0.29, 0.717) is 5.56 Å². The fourth-order valence-electron chi connectivity index (χ4n) is 1.89. The standard InChI is InChI=1S/C14H23N3O/c1-11-7-8-13(12(2)16-11)14(18)17(3)10-6-4-5-9-15/h7-8H,4-6,9-10,15H2,1-3H3. The number of rotatable bonds is 6. The predicted molar refractivity (Wildman–Crippen MR) is 73.6 cm³/mol. The molecule has 18 heavy (non-hydrogen) atoms. The molecule has 2 N–H and O–H groups in total. The lowest BCUT2D eigenvalue weighted by Crippen LogP contribution is -2.28. The van der Waals surface area contributed by atoms with Gasteiger partial charge in [-0.15, -0.1) is 0 Å². The summed E-state index contributed by atoms with van der Waals surface area (Å²) >= 11 is 0. The van der Waals surface area contributed by atoms with Gasteiger partial charge in [0, 0.05) is 19.3 Å². The first-order valence-corrected chi connectivity index (χ1v) is 6.46. The topological polar surface area (TPSA) is 59.2 Å². The molecule has 0 spiro atoms. The van der Waals surface area contributed by atoms with Crippen LogP contribution < -0.4 is 5.73 Å². The molecule has 1 aromatic heterocycles. The molecule has 0 saturated carbocycles. The molecular formula is C14H23N3O. The van der Waals surface area contributed by atoms with E-state index in [1.165, 1.54) is 0 Å². The number of aryl methyl sites for hydroxylation is 2. The lowest BCUT2D eigenvalue weighted by Gasteiger charge is -2.18. The van der Waals surface area contributed by atoms with Crippen LogP contribution in [-0.2, 0) is 0 Å². The van der Waals surface area contributed by atoms with Crippen molar-refractivity contribution in [1.82, 2.24) is 9.88 Å². The third-order valence-electron chi connectivity index (χ3n) is 3.00. The summed E-state index contributed by atoms with van der Waals surface area (Å²) in [5.41, 5.74) is 7.88. The molecular weight excluding hydrogens is 226 g/mol. The average molecular weight is 249 g/mol. The Bertz CT molecular complexity index is 404. The minimum atomic E-state index is 0.0488. The van der Waals surface area contributed by atoms with E-state index in [2.05, 4.69) is 4.98 Å². The molecule has 0 aliphatic carbocycles. The number of nitrogens with zero attached hydrogens (tertiary/aromatic N) is 2. The summed E-state index contributed by atoms with van der Waals surface area (Å²) in [6.45, 7) is 5.30. The summed E-state index contributed by atoms with van der Waals surface area (Å²) in [4.78, 5) is 18.3. The van der Waals surface area contributed by atoms with E-state index in [9.17, 15) is 4.79 Å². The van der Waals surface area contributed by atoms with Gasteiger partial charge in [-0.3, -0.25) is 9.78 Å². The van der Waals surface area contributed by atoms with E-state index < -0.39 is 0 Å². The Kier molecular flexibility index (Phi) is 5.78. The van der Waals surface area contributed by atoms with Crippen molar-refractivity contribution in [2.75, 3.05) is 20.1 Å². The van der Waals surface area contributed by atoms with Gasteiger partial charge >= 0.3 is 0 Å². The molecule has 0 radical (unpaired) electrons. The summed E-state index contributed by atoms with van der Waals surface area (Å²) in [5, 5.41) is 0. The molecule has 4 nitrogen and oxygen atoms in total. The maximum absolute atomic E-state index is 12.2. The van der Waals surface area contributed by atoms with Crippen LogP contribution in [0.5, 0.6) is 0 Å². The zero-order valence-electron chi connectivity index (χ0n) is 11.6. The highest BCUT2D eigenvalue weighted by atomic mass is 16.2. The zero-order chi connectivity index (χ0) is 13.5. The second-order valence-corrected chi connectivity index (χ2v) is 4.66. The van der Waals surface area contributed by atoms with Crippen LogP contribution in [0.25, 0.3) is 0 Å². The van der Waals surface area contributed by atoms with Gasteiger partial charge in [-0.05, 0) is 45.4 Å². The third-order valence-corrected chi connectivity index (χ3v) is 3.00. The van der Waals surface area contributed by atoms with Crippen molar-refractivity contribution in [3.8, 4) is 0 Å². The van der Waals surface area contributed by atoms with Gasteiger partial charge in [-0.25, -0.2) is 0 Å². The summed E-state index contributed by atoms with van der Waals surface area (Å²) < 4.78 is 0. The molecule has 1 aromatic rings. The van der Waals surface area contributed by atoms with Gasteiger partial charge in [0.2, 0.25) is 0 Å². The summed E-state index contributed by atoms with van der Waals surface area (Å²) in [7, 11) is 1.84. The van der Waals surface area contributed by atoms with Gasteiger partial charge in [0.05, 0.1) is 11.3 Å². The van der Waals surface area contributed by atoms with Gasteiger partial charge in [0.15, 0.2) is 0 Å². The fourth-order valence-corrected chi connectivity index (χ4v) is 1.89. The van der Waals surface area contributed by atoms with Crippen LogP contribution in [0.3, 0.4) is 0 Å². The monoisotopic (exact) mass is 249 g/mol. The largest absolute Gasteiger partial charge is 0.342 e. The van der Waals surface area contributed by atoms with Crippen LogP contribution in [0, 0.1) is 13.8 Å². The lowest BCUT2D eigenvalue weighted by atomic mass is 10.1. The number of carbonyl (C=O) groups excluding carboxylic acids is 1. The highest BCUT2D eigenvalue weighted by Gasteiger charge is 2.14. The second kappa shape index (κ2) is 7.11. The Balaban J connectivity index is 2.57. The molecule has 0 atom stereocenters. The summed E-state index contributed by atoms with van der Waals surface area (Å²) in [6, 6.07) is 3.73. The quantitative estimate of drug-likeness (QED) is 0.783. The molecule has 0 saturated heterocycles. The van der Waals surface area contributed by atoms with Crippen molar-refractivity contribution in [2.45, 2.75) is 33.1 Å². The average Bonchev–Trinajstić information content (AvgIpc) is 2.33. The molecule has 0 aromatic carbocycles. The van der Waals surface area contributed by atoms with E-state index in [4.69, 9.17) is 5.73 Å². The highest BCUT2D eigenvalue weighted by molar-refractivity contribution is 5.95. The number of pyridine rings is 1. The first-order chi connectivity index (χ1) is 8.56. The van der Waals surface area contributed by atoms with Gasteiger partial charge in [0.25, 0.3) is 5.91 Å². The molecule has 0 fully saturated rings. The maximum Gasteiger partial charge on any atom is 0.255 e. The molecule has 0 unspecified atom stereocenters. The minimum Gasteiger partial charge on any atom is -0.342 e. The van der Waals surface area contributed by atoms with Crippen molar-refractivity contribution in [1.29, 1.82) is 0 Å². The molecule has 100 valence electrons. The molecule has 0 aliphatic heterocycles. The minimum absolute atomic E-state index is 0.0488. The van der Waals surface area contributed by atoms with Crippen LogP contribution in [0.2, 0.25) is 0 Å². The van der Waals surface area contributed by atoms with Crippen molar-refractivity contribution in [3.63, 3.8) is 0 Å². The molecule has 4 heteroatoms. The Labute approximate surface area is 109 Å². The van der Waals surface area contributed by atoms with Crippen LogP contribution in [0.15, 0.2) is 12.1 Å². The normalized spacial score (nSPS) is 10.4.